The van der Waals surface area contributed by atoms with Gasteiger partial charge in [-0.1, -0.05) is 6.07 Å². The SMILES string of the molecule is Cc1ccc(F)c(NS(=O)(=O)c2ccc3c(c2)CCO3)c1. The van der Waals surface area contributed by atoms with Gasteiger partial charge in [-0.15, -0.1) is 0 Å². The molecule has 2 aromatic carbocycles. The van der Waals surface area contributed by atoms with Gasteiger partial charge in [0.2, 0.25) is 0 Å². The maximum atomic E-state index is 13.7. The van der Waals surface area contributed by atoms with Crippen molar-refractivity contribution in [3.8, 4) is 5.75 Å². The predicted molar refractivity (Wildman–Crippen MR) is 77.6 cm³/mol. The molecule has 0 atom stereocenters. The van der Waals surface area contributed by atoms with Crippen molar-refractivity contribution in [2.24, 2.45) is 0 Å². The number of aryl methyl sites for hydroxylation is 1. The molecule has 0 bridgehead atoms. The van der Waals surface area contributed by atoms with E-state index in [-0.39, 0.29) is 10.6 Å². The summed E-state index contributed by atoms with van der Waals surface area (Å²) in [5, 5.41) is 0. The van der Waals surface area contributed by atoms with E-state index in [2.05, 4.69) is 4.72 Å². The second-order valence-electron chi connectivity index (χ2n) is 4.96. The zero-order valence-electron chi connectivity index (χ0n) is 11.4. The Morgan fingerprint density at radius 3 is 2.81 bits per heavy atom. The van der Waals surface area contributed by atoms with Gasteiger partial charge >= 0.3 is 0 Å². The van der Waals surface area contributed by atoms with Crippen molar-refractivity contribution in [2.45, 2.75) is 18.2 Å². The smallest absolute Gasteiger partial charge is 0.262 e. The van der Waals surface area contributed by atoms with Crippen molar-refractivity contribution in [3.63, 3.8) is 0 Å². The lowest BCUT2D eigenvalue weighted by atomic mass is 10.2. The average molecular weight is 307 g/mol. The molecule has 1 aliphatic rings. The van der Waals surface area contributed by atoms with Gasteiger partial charge in [0.15, 0.2) is 0 Å². The van der Waals surface area contributed by atoms with Crippen molar-refractivity contribution >= 4 is 15.7 Å². The summed E-state index contributed by atoms with van der Waals surface area (Å²) >= 11 is 0. The van der Waals surface area contributed by atoms with Crippen molar-refractivity contribution in [1.29, 1.82) is 0 Å². The highest BCUT2D eigenvalue weighted by atomic mass is 32.2. The monoisotopic (exact) mass is 307 g/mol. The Morgan fingerprint density at radius 2 is 2.00 bits per heavy atom. The first kappa shape index (κ1) is 13.9. The highest BCUT2D eigenvalue weighted by molar-refractivity contribution is 7.92. The number of hydrogen-bond donors (Lipinski definition) is 1. The van der Waals surface area contributed by atoms with Crippen LogP contribution < -0.4 is 9.46 Å². The Hall–Kier alpha value is -2.08. The third kappa shape index (κ3) is 2.71. The second-order valence-corrected chi connectivity index (χ2v) is 6.64. The van der Waals surface area contributed by atoms with Crippen LogP contribution in [0.5, 0.6) is 5.75 Å². The Labute approximate surface area is 122 Å². The molecule has 0 aromatic heterocycles. The van der Waals surface area contributed by atoms with Crippen LogP contribution in [0.3, 0.4) is 0 Å². The lowest BCUT2D eigenvalue weighted by Gasteiger charge is -2.10. The van der Waals surface area contributed by atoms with E-state index in [4.69, 9.17) is 4.74 Å². The minimum atomic E-state index is -3.82. The lowest BCUT2D eigenvalue weighted by Crippen LogP contribution is -2.14. The maximum absolute atomic E-state index is 13.7. The Balaban J connectivity index is 1.95. The molecule has 3 rings (SSSR count). The third-order valence-corrected chi connectivity index (χ3v) is 4.70. The van der Waals surface area contributed by atoms with Gasteiger partial charge in [0, 0.05) is 6.42 Å². The molecule has 0 amide bonds. The van der Waals surface area contributed by atoms with Crippen LogP contribution in [-0.2, 0) is 16.4 Å². The van der Waals surface area contributed by atoms with Gasteiger partial charge < -0.3 is 4.74 Å². The molecule has 2 aromatic rings. The number of benzene rings is 2. The van der Waals surface area contributed by atoms with E-state index in [1.54, 1.807) is 25.1 Å². The van der Waals surface area contributed by atoms with E-state index in [0.717, 1.165) is 11.1 Å². The minimum Gasteiger partial charge on any atom is -0.493 e. The molecule has 0 spiro atoms. The molecular weight excluding hydrogens is 293 g/mol. The van der Waals surface area contributed by atoms with Gasteiger partial charge in [-0.2, -0.15) is 0 Å². The molecule has 1 heterocycles. The van der Waals surface area contributed by atoms with Gasteiger partial charge in [-0.05, 0) is 48.4 Å². The summed E-state index contributed by atoms with van der Waals surface area (Å²) in [6.45, 7) is 2.32. The molecule has 4 nitrogen and oxygen atoms in total. The standard InChI is InChI=1S/C15H14FNO3S/c1-10-2-4-13(16)14(8-10)17-21(18,19)12-3-5-15-11(9-12)6-7-20-15/h2-5,8-9,17H,6-7H2,1H3. The zero-order chi connectivity index (χ0) is 15.0. The molecule has 0 aliphatic carbocycles. The average Bonchev–Trinajstić information content (AvgIpc) is 2.90. The van der Waals surface area contributed by atoms with Crippen LogP contribution in [-0.4, -0.2) is 15.0 Å². The first-order valence-corrected chi connectivity index (χ1v) is 7.99. The van der Waals surface area contributed by atoms with E-state index in [1.807, 2.05) is 0 Å². The van der Waals surface area contributed by atoms with Crippen molar-refractivity contribution in [3.05, 3.63) is 53.3 Å². The summed E-state index contributed by atoms with van der Waals surface area (Å²) in [4.78, 5) is 0.104. The molecule has 1 N–H and O–H groups in total. The Kier molecular flexibility index (Phi) is 3.33. The number of fused-ring (bicyclic) bond motifs is 1. The molecule has 21 heavy (non-hydrogen) atoms. The highest BCUT2D eigenvalue weighted by Gasteiger charge is 2.20. The van der Waals surface area contributed by atoms with Crippen LogP contribution >= 0.6 is 0 Å². The van der Waals surface area contributed by atoms with Crippen LogP contribution in [0.15, 0.2) is 41.3 Å². The summed E-state index contributed by atoms with van der Waals surface area (Å²) in [6, 6.07) is 8.94. The number of ether oxygens (including phenoxy) is 1. The molecule has 0 saturated carbocycles. The molecular formula is C15H14FNO3S. The molecule has 110 valence electrons. The fraction of sp³-hybridized carbons (Fsp3) is 0.200. The number of halogens is 1. The van der Waals surface area contributed by atoms with E-state index < -0.39 is 15.8 Å². The topological polar surface area (TPSA) is 55.4 Å². The third-order valence-electron chi connectivity index (χ3n) is 3.34. The lowest BCUT2D eigenvalue weighted by molar-refractivity contribution is 0.356. The van der Waals surface area contributed by atoms with Crippen molar-refractivity contribution in [1.82, 2.24) is 0 Å². The summed E-state index contributed by atoms with van der Waals surface area (Å²) in [5.74, 6) is 0.101. The summed E-state index contributed by atoms with van der Waals surface area (Å²) in [5.41, 5.74) is 1.57. The zero-order valence-corrected chi connectivity index (χ0v) is 12.2. The first-order chi connectivity index (χ1) is 9.95. The van der Waals surface area contributed by atoms with E-state index in [1.165, 1.54) is 18.2 Å². The minimum absolute atomic E-state index is 0.0493. The second kappa shape index (κ2) is 5.04. The molecule has 0 radical (unpaired) electrons. The predicted octanol–water partition coefficient (Wildman–Crippen LogP) is 2.87. The van der Waals surface area contributed by atoms with Crippen LogP contribution in [0.1, 0.15) is 11.1 Å². The number of sulfonamides is 1. The number of nitrogens with one attached hydrogen (secondary N) is 1. The van der Waals surface area contributed by atoms with Crippen LogP contribution in [0, 0.1) is 12.7 Å². The largest absolute Gasteiger partial charge is 0.493 e. The van der Waals surface area contributed by atoms with Crippen molar-refractivity contribution < 1.29 is 17.5 Å². The van der Waals surface area contributed by atoms with Crippen LogP contribution in [0.25, 0.3) is 0 Å². The van der Waals surface area contributed by atoms with Gasteiger partial charge in [0.05, 0.1) is 17.2 Å². The number of hydrogen-bond acceptors (Lipinski definition) is 3. The Bertz CT molecular complexity index is 803. The van der Waals surface area contributed by atoms with Crippen LogP contribution in [0.2, 0.25) is 0 Å². The molecule has 0 fully saturated rings. The first-order valence-electron chi connectivity index (χ1n) is 6.50. The molecule has 6 heteroatoms. The van der Waals surface area contributed by atoms with E-state index in [9.17, 15) is 12.8 Å². The summed E-state index contributed by atoms with van der Waals surface area (Å²) in [7, 11) is -3.82. The maximum Gasteiger partial charge on any atom is 0.262 e. The highest BCUT2D eigenvalue weighted by Crippen LogP contribution is 2.28. The fourth-order valence-electron chi connectivity index (χ4n) is 2.25. The van der Waals surface area contributed by atoms with E-state index >= 15 is 0 Å². The molecule has 0 saturated heterocycles. The van der Waals surface area contributed by atoms with Gasteiger partial charge in [-0.25, -0.2) is 12.8 Å². The normalized spacial score (nSPS) is 13.6. The van der Waals surface area contributed by atoms with Gasteiger partial charge in [0.1, 0.15) is 11.6 Å². The van der Waals surface area contributed by atoms with Crippen molar-refractivity contribution in [2.75, 3.05) is 11.3 Å². The fourth-order valence-corrected chi connectivity index (χ4v) is 3.36. The molecule has 1 aliphatic heterocycles. The van der Waals surface area contributed by atoms with Gasteiger partial charge in [0.25, 0.3) is 10.0 Å². The molecule has 0 unspecified atom stereocenters. The summed E-state index contributed by atoms with van der Waals surface area (Å²) in [6.07, 6.45) is 0.678. The quantitative estimate of drug-likeness (QED) is 0.948. The van der Waals surface area contributed by atoms with Crippen LogP contribution in [0.4, 0.5) is 10.1 Å². The summed E-state index contributed by atoms with van der Waals surface area (Å²) < 4.78 is 46.0. The number of anilines is 1. The Morgan fingerprint density at radius 1 is 1.19 bits per heavy atom. The van der Waals surface area contributed by atoms with Gasteiger partial charge in [-0.3, -0.25) is 4.72 Å². The van der Waals surface area contributed by atoms with E-state index in [0.29, 0.717) is 18.8 Å². The number of rotatable bonds is 3.